The molecule has 2 amide bonds. The van der Waals surface area contributed by atoms with Gasteiger partial charge in [-0.3, -0.25) is 10.00 Å². The maximum atomic E-state index is 12.3. The average Bonchev–Trinajstić information content (AvgIpc) is 3.35. The first-order chi connectivity index (χ1) is 13.7. The third-order valence-electron chi connectivity index (χ3n) is 5.94. The lowest BCUT2D eigenvalue weighted by molar-refractivity contribution is 0.110. The highest BCUT2D eigenvalue weighted by atomic mass is 16.5. The normalized spacial score (nSPS) is 22.9. The van der Waals surface area contributed by atoms with Crippen molar-refractivity contribution in [2.75, 3.05) is 18.5 Å². The molecule has 0 bridgehead atoms. The van der Waals surface area contributed by atoms with Crippen molar-refractivity contribution < 1.29 is 9.53 Å². The van der Waals surface area contributed by atoms with Crippen molar-refractivity contribution >= 4 is 11.8 Å². The Balaban J connectivity index is 1.25. The topological polar surface area (TPSA) is 68.2 Å². The summed E-state index contributed by atoms with van der Waals surface area (Å²) in [5, 5.41) is 10.5. The molecule has 2 fully saturated rings. The molecule has 0 unspecified atom stereocenters. The minimum atomic E-state index is -0.219. The monoisotopic (exact) mass is 382 g/mol. The molecule has 28 heavy (non-hydrogen) atoms. The highest BCUT2D eigenvalue weighted by Gasteiger charge is 2.27. The molecule has 1 aromatic heterocycles. The summed E-state index contributed by atoms with van der Waals surface area (Å²) in [6, 6.07) is 10.7. The third kappa shape index (κ3) is 4.55. The molecule has 0 radical (unpaired) electrons. The van der Waals surface area contributed by atoms with Crippen molar-refractivity contribution in [1.29, 1.82) is 0 Å². The first-order valence-corrected chi connectivity index (χ1v) is 10.5. The first kappa shape index (κ1) is 19.0. The van der Waals surface area contributed by atoms with Crippen LogP contribution in [0.4, 0.5) is 10.6 Å². The van der Waals surface area contributed by atoms with Gasteiger partial charge in [0, 0.05) is 24.2 Å². The molecule has 1 aromatic carbocycles. The lowest BCUT2D eigenvalue weighted by atomic mass is 9.96. The fourth-order valence-electron chi connectivity index (χ4n) is 4.30. The van der Waals surface area contributed by atoms with Crippen molar-refractivity contribution in [3.63, 3.8) is 0 Å². The van der Waals surface area contributed by atoms with E-state index in [0.29, 0.717) is 30.9 Å². The smallest absolute Gasteiger partial charge is 0.320 e. The van der Waals surface area contributed by atoms with Gasteiger partial charge in [-0.15, -0.1) is 0 Å². The predicted molar refractivity (Wildman–Crippen MR) is 110 cm³/mol. The number of hydrogen-bond donors (Lipinski definition) is 2. The molecule has 6 nitrogen and oxygen atoms in total. The van der Waals surface area contributed by atoms with E-state index >= 15 is 0 Å². The number of nitrogens with zero attached hydrogens (tertiary/aromatic N) is 2. The molecule has 150 valence electrons. The zero-order valence-electron chi connectivity index (χ0n) is 16.6. The first-order valence-electron chi connectivity index (χ1n) is 10.5. The molecule has 1 aliphatic carbocycles. The van der Waals surface area contributed by atoms with Crippen LogP contribution in [0.3, 0.4) is 0 Å². The van der Waals surface area contributed by atoms with Crippen LogP contribution in [0.25, 0.3) is 0 Å². The maximum absolute atomic E-state index is 12.3. The van der Waals surface area contributed by atoms with Gasteiger partial charge in [-0.1, -0.05) is 49.6 Å². The van der Waals surface area contributed by atoms with Gasteiger partial charge in [0.25, 0.3) is 0 Å². The van der Waals surface area contributed by atoms with Gasteiger partial charge >= 0.3 is 6.03 Å². The number of urea groups is 1. The van der Waals surface area contributed by atoms with Gasteiger partial charge in [0.1, 0.15) is 0 Å². The molecule has 1 saturated carbocycles. The number of rotatable bonds is 5. The second-order valence-electron chi connectivity index (χ2n) is 8.07. The molecule has 1 saturated heterocycles. The molecule has 4 rings (SSSR count). The Bertz CT molecular complexity index is 783. The van der Waals surface area contributed by atoms with Crippen LogP contribution in [0.1, 0.15) is 61.6 Å². The Hall–Kier alpha value is -2.34. The van der Waals surface area contributed by atoms with Crippen LogP contribution in [-0.2, 0) is 4.74 Å². The summed E-state index contributed by atoms with van der Waals surface area (Å²) in [4.78, 5) is 12.3. The molecule has 2 atom stereocenters. The van der Waals surface area contributed by atoms with E-state index in [9.17, 15) is 4.79 Å². The minimum absolute atomic E-state index is 0.0526. The van der Waals surface area contributed by atoms with Gasteiger partial charge < -0.3 is 10.1 Å². The summed E-state index contributed by atoms with van der Waals surface area (Å²) in [5.41, 5.74) is 2.31. The van der Waals surface area contributed by atoms with E-state index in [1.54, 1.807) is 0 Å². The number of aryl methyl sites for hydroxylation is 1. The van der Waals surface area contributed by atoms with E-state index in [0.717, 1.165) is 12.0 Å². The van der Waals surface area contributed by atoms with Crippen molar-refractivity contribution in [2.24, 2.45) is 0 Å². The fourth-order valence-corrected chi connectivity index (χ4v) is 4.30. The van der Waals surface area contributed by atoms with E-state index in [2.05, 4.69) is 46.2 Å². The number of ether oxygens (including phenoxy) is 1. The van der Waals surface area contributed by atoms with Crippen LogP contribution >= 0.6 is 0 Å². The van der Waals surface area contributed by atoms with Gasteiger partial charge in [-0.2, -0.15) is 5.10 Å². The van der Waals surface area contributed by atoms with Crippen LogP contribution in [0.5, 0.6) is 0 Å². The Kier molecular flexibility index (Phi) is 5.95. The van der Waals surface area contributed by atoms with Crippen LogP contribution in [-0.4, -0.2) is 35.1 Å². The van der Waals surface area contributed by atoms with E-state index < -0.39 is 0 Å². The molecular formula is C22H30N4O2. The van der Waals surface area contributed by atoms with Crippen molar-refractivity contribution in [3.8, 4) is 0 Å². The Labute approximate surface area is 166 Å². The highest BCUT2D eigenvalue weighted by molar-refractivity contribution is 5.88. The highest BCUT2D eigenvalue weighted by Crippen LogP contribution is 2.30. The van der Waals surface area contributed by atoms with Gasteiger partial charge in [0.05, 0.1) is 18.8 Å². The summed E-state index contributed by atoms with van der Waals surface area (Å²) in [7, 11) is 0. The van der Waals surface area contributed by atoms with Gasteiger partial charge in [-0.05, 0) is 31.7 Å². The van der Waals surface area contributed by atoms with Gasteiger partial charge in [0.15, 0.2) is 5.82 Å². The molecule has 2 aromatic rings. The number of amides is 2. The Morgan fingerprint density at radius 2 is 2.00 bits per heavy atom. The Morgan fingerprint density at radius 1 is 1.21 bits per heavy atom. The second-order valence-corrected chi connectivity index (χ2v) is 8.07. The molecule has 1 aliphatic heterocycles. The molecule has 0 spiro atoms. The zero-order valence-corrected chi connectivity index (χ0v) is 16.6. The Morgan fingerprint density at radius 3 is 2.79 bits per heavy atom. The van der Waals surface area contributed by atoms with Crippen LogP contribution < -0.4 is 10.6 Å². The number of nitrogens with one attached hydrogen (secondary N) is 2. The molecule has 2 N–H and O–H groups in total. The van der Waals surface area contributed by atoms with E-state index in [-0.39, 0.29) is 12.1 Å². The number of aromatic nitrogens is 2. The summed E-state index contributed by atoms with van der Waals surface area (Å²) in [6.07, 6.45) is 9.23. The zero-order chi connectivity index (χ0) is 19.3. The van der Waals surface area contributed by atoms with E-state index in [1.807, 2.05) is 17.7 Å². The maximum Gasteiger partial charge on any atom is 0.320 e. The van der Waals surface area contributed by atoms with Crippen LogP contribution in [0.2, 0.25) is 0 Å². The summed E-state index contributed by atoms with van der Waals surface area (Å²) in [5.74, 6) is 1.06. The molecule has 2 heterocycles. The molecule has 6 heteroatoms. The van der Waals surface area contributed by atoms with E-state index in [4.69, 9.17) is 4.74 Å². The fraction of sp³-hybridized carbons (Fsp3) is 0.545. The van der Waals surface area contributed by atoms with Crippen molar-refractivity contribution in [2.45, 2.75) is 63.5 Å². The number of anilines is 1. The number of benzene rings is 1. The van der Waals surface area contributed by atoms with E-state index in [1.165, 1.54) is 37.7 Å². The number of hydrogen-bond acceptors (Lipinski definition) is 3. The van der Waals surface area contributed by atoms with Crippen molar-refractivity contribution in [3.05, 3.63) is 47.7 Å². The third-order valence-corrected chi connectivity index (χ3v) is 5.94. The quantitative estimate of drug-likeness (QED) is 0.806. The summed E-state index contributed by atoms with van der Waals surface area (Å²) < 4.78 is 7.90. The van der Waals surface area contributed by atoms with Crippen LogP contribution in [0, 0.1) is 6.92 Å². The van der Waals surface area contributed by atoms with Gasteiger partial charge in [0.2, 0.25) is 0 Å². The van der Waals surface area contributed by atoms with Crippen LogP contribution in [0.15, 0.2) is 36.5 Å². The SMILES string of the molecule is Cc1cn(C2CCCCC2)nc1NC(=O)NC[C@@H]1C[C@H](c2ccccc2)CO1. The summed E-state index contributed by atoms with van der Waals surface area (Å²) >= 11 is 0. The number of carbonyl (C=O) groups is 1. The lowest BCUT2D eigenvalue weighted by Crippen LogP contribution is -2.35. The largest absolute Gasteiger partial charge is 0.376 e. The van der Waals surface area contributed by atoms with Gasteiger partial charge in [-0.25, -0.2) is 4.79 Å². The minimum Gasteiger partial charge on any atom is -0.376 e. The average molecular weight is 383 g/mol. The lowest BCUT2D eigenvalue weighted by Gasteiger charge is -2.21. The predicted octanol–water partition coefficient (Wildman–Crippen LogP) is 4.39. The number of carbonyl (C=O) groups excluding carboxylic acids is 1. The van der Waals surface area contributed by atoms with Crippen molar-refractivity contribution in [1.82, 2.24) is 15.1 Å². The molecule has 2 aliphatic rings. The standard InChI is InChI=1S/C22H30N4O2/c1-16-14-26(19-10-6-3-7-11-19)25-21(16)24-22(27)23-13-20-12-18(15-28-20)17-8-4-2-5-9-17/h2,4-5,8-9,14,18-20H,3,6-7,10-13,15H2,1H3,(H2,23,24,25,27)/t18-,20-/m0/s1. The molecular weight excluding hydrogens is 352 g/mol. The summed E-state index contributed by atoms with van der Waals surface area (Å²) in [6.45, 7) is 3.22. The second kappa shape index (κ2) is 8.78.